The lowest BCUT2D eigenvalue weighted by Crippen LogP contribution is -2.53. The van der Waals surface area contributed by atoms with Gasteiger partial charge in [0, 0.05) is 0 Å². The van der Waals surface area contributed by atoms with Crippen LogP contribution in [0.4, 0.5) is 0 Å². The SMILES string of the molecule is C#CCO[C@]1(C#C)[C@@H](CO[Si](C)(C)C(C)(C)C)O[C@@H]2OC(C)(C)O[C@@H]21. The highest BCUT2D eigenvalue weighted by Gasteiger charge is 2.64. The molecule has 0 aliphatic carbocycles. The second kappa shape index (κ2) is 6.70. The molecular formula is C19H30O5Si. The fourth-order valence-electron chi connectivity index (χ4n) is 2.78. The first kappa shape index (κ1) is 20.4. The molecule has 0 N–H and O–H groups in total. The number of ether oxygens (including phenoxy) is 4. The zero-order chi connectivity index (χ0) is 19.1. The molecule has 6 heteroatoms. The Bertz CT molecular complexity index is 580. The highest BCUT2D eigenvalue weighted by molar-refractivity contribution is 6.74. The number of terminal acetylenes is 2. The van der Waals surface area contributed by atoms with Gasteiger partial charge >= 0.3 is 0 Å². The Morgan fingerprint density at radius 3 is 2.32 bits per heavy atom. The van der Waals surface area contributed by atoms with E-state index in [4.69, 9.17) is 36.2 Å². The van der Waals surface area contributed by atoms with Crippen LogP contribution in [0.15, 0.2) is 0 Å². The van der Waals surface area contributed by atoms with E-state index in [1.165, 1.54) is 0 Å². The van der Waals surface area contributed by atoms with Crippen molar-refractivity contribution in [1.29, 1.82) is 0 Å². The quantitative estimate of drug-likeness (QED) is 0.553. The van der Waals surface area contributed by atoms with Gasteiger partial charge in [0.15, 0.2) is 32.1 Å². The van der Waals surface area contributed by atoms with E-state index < -0.39 is 38.2 Å². The summed E-state index contributed by atoms with van der Waals surface area (Å²) in [5.41, 5.74) is -1.13. The van der Waals surface area contributed by atoms with Crippen molar-refractivity contribution in [3.8, 4) is 24.7 Å². The molecule has 0 saturated carbocycles. The van der Waals surface area contributed by atoms with Gasteiger partial charge in [0.25, 0.3) is 0 Å². The minimum Gasteiger partial charge on any atom is -0.414 e. The van der Waals surface area contributed by atoms with Crippen LogP contribution in [0.1, 0.15) is 34.6 Å². The lowest BCUT2D eigenvalue weighted by Gasteiger charge is -2.39. The van der Waals surface area contributed by atoms with Gasteiger partial charge in [0.2, 0.25) is 0 Å². The zero-order valence-corrected chi connectivity index (χ0v) is 17.3. The van der Waals surface area contributed by atoms with Crippen molar-refractivity contribution < 1.29 is 23.4 Å². The number of rotatable bonds is 5. The Balaban J connectivity index is 2.23. The summed E-state index contributed by atoms with van der Waals surface area (Å²) in [4.78, 5) is 0. The van der Waals surface area contributed by atoms with Crippen LogP contribution in [0, 0.1) is 24.7 Å². The molecule has 2 heterocycles. The third-order valence-corrected chi connectivity index (χ3v) is 9.78. The molecule has 2 rings (SSSR count). The van der Waals surface area contributed by atoms with Crippen molar-refractivity contribution in [1.82, 2.24) is 0 Å². The summed E-state index contributed by atoms with van der Waals surface area (Å²) in [5, 5.41) is 0.0783. The van der Waals surface area contributed by atoms with E-state index in [9.17, 15) is 0 Å². The summed E-state index contributed by atoms with van der Waals surface area (Å²) in [6.45, 7) is 14.9. The summed E-state index contributed by atoms with van der Waals surface area (Å²) in [7, 11) is -1.97. The second-order valence-corrected chi connectivity index (χ2v) is 13.4. The standard InChI is InChI=1S/C19H30O5Si/c1-10-12-20-19(11-2)14(13-21-25(8,9)17(3,4)5)22-16-15(19)23-18(6,7)24-16/h1-2,14-16H,12-13H2,3-9H3/t14-,15+,16-,19-/m1/s1. The minimum atomic E-state index is -1.97. The molecule has 0 unspecified atom stereocenters. The molecule has 25 heavy (non-hydrogen) atoms. The first-order chi connectivity index (χ1) is 11.4. The molecule has 4 atom stereocenters. The highest BCUT2D eigenvalue weighted by Crippen LogP contribution is 2.45. The van der Waals surface area contributed by atoms with Gasteiger partial charge in [-0.3, -0.25) is 0 Å². The van der Waals surface area contributed by atoms with Crippen LogP contribution >= 0.6 is 0 Å². The topological polar surface area (TPSA) is 46.2 Å². The number of hydrogen-bond acceptors (Lipinski definition) is 5. The predicted octanol–water partition coefficient (Wildman–Crippen LogP) is 2.91. The molecule has 2 saturated heterocycles. The second-order valence-electron chi connectivity index (χ2n) is 8.55. The molecule has 2 fully saturated rings. The van der Waals surface area contributed by atoms with Gasteiger partial charge in [-0.1, -0.05) is 32.6 Å². The Morgan fingerprint density at radius 2 is 1.80 bits per heavy atom. The van der Waals surface area contributed by atoms with Gasteiger partial charge in [0.1, 0.15) is 12.7 Å². The highest BCUT2D eigenvalue weighted by atomic mass is 28.4. The summed E-state index contributed by atoms with van der Waals surface area (Å²) in [5.74, 6) is 4.41. The molecule has 140 valence electrons. The lowest BCUT2D eigenvalue weighted by atomic mass is 9.93. The third-order valence-electron chi connectivity index (χ3n) is 5.28. The molecule has 0 aromatic heterocycles. The Morgan fingerprint density at radius 1 is 1.16 bits per heavy atom. The molecular weight excluding hydrogens is 336 g/mol. The van der Waals surface area contributed by atoms with Crippen LogP contribution in [0.5, 0.6) is 0 Å². The molecule has 2 aliphatic rings. The first-order valence-electron chi connectivity index (χ1n) is 8.59. The van der Waals surface area contributed by atoms with E-state index in [1.54, 1.807) is 0 Å². The van der Waals surface area contributed by atoms with E-state index in [2.05, 4.69) is 45.7 Å². The summed E-state index contributed by atoms with van der Waals surface area (Å²) in [6, 6.07) is 0. The van der Waals surface area contributed by atoms with Crippen LogP contribution in [-0.4, -0.2) is 51.4 Å². The maximum atomic E-state index is 6.31. The van der Waals surface area contributed by atoms with Crippen molar-refractivity contribution >= 4 is 8.32 Å². The molecule has 0 aromatic carbocycles. The number of hydrogen-bond donors (Lipinski definition) is 0. The van der Waals surface area contributed by atoms with Crippen molar-refractivity contribution in [2.75, 3.05) is 13.2 Å². The monoisotopic (exact) mass is 366 g/mol. The van der Waals surface area contributed by atoms with Crippen molar-refractivity contribution in [3.05, 3.63) is 0 Å². The molecule has 0 radical (unpaired) electrons. The average molecular weight is 367 g/mol. The van der Waals surface area contributed by atoms with Gasteiger partial charge in [-0.05, 0) is 32.0 Å². The fraction of sp³-hybridized carbons (Fsp3) is 0.789. The normalized spacial score (nSPS) is 34.4. The molecule has 2 aliphatic heterocycles. The van der Waals surface area contributed by atoms with Crippen LogP contribution in [0.25, 0.3) is 0 Å². The van der Waals surface area contributed by atoms with Gasteiger partial charge in [-0.2, -0.15) is 0 Å². The summed E-state index contributed by atoms with van der Waals surface area (Å²) < 4.78 is 30.0. The van der Waals surface area contributed by atoms with Crippen molar-refractivity contribution in [3.63, 3.8) is 0 Å². The number of fused-ring (bicyclic) bond motifs is 1. The van der Waals surface area contributed by atoms with Gasteiger partial charge in [-0.15, -0.1) is 12.8 Å². The average Bonchev–Trinajstić information content (AvgIpc) is 2.92. The van der Waals surface area contributed by atoms with E-state index in [1.807, 2.05) is 13.8 Å². The maximum absolute atomic E-state index is 6.31. The molecule has 0 aromatic rings. The van der Waals surface area contributed by atoms with Gasteiger partial charge < -0.3 is 23.4 Å². The zero-order valence-electron chi connectivity index (χ0n) is 16.3. The Kier molecular flexibility index (Phi) is 5.48. The van der Waals surface area contributed by atoms with Crippen LogP contribution < -0.4 is 0 Å². The minimum absolute atomic E-state index is 0.0666. The van der Waals surface area contributed by atoms with Crippen LogP contribution in [-0.2, 0) is 23.4 Å². The van der Waals surface area contributed by atoms with Crippen LogP contribution in [0.3, 0.4) is 0 Å². The van der Waals surface area contributed by atoms with E-state index in [0.29, 0.717) is 6.61 Å². The summed E-state index contributed by atoms with van der Waals surface area (Å²) >= 11 is 0. The largest absolute Gasteiger partial charge is 0.414 e. The van der Waals surface area contributed by atoms with E-state index in [0.717, 1.165) is 0 Å². The van der Waals surface area contributed by atoms with E-state index >= 15 is 0 Å². The summed E-state index contributed by atoms with van der Waals surface area (Å²) in [6.07, 6.45) is 9.59. The van der Waals surface area contributed by atoms with Crippen molar-refractivity contribution in [2.24, 2.45) is 0 Å². The third kappa shape index (κ3) is 3.80. The molecule has 5 nitrogen and oxygen atoms in total. The Labute approximate surface area is 152 Å². The lowest BCUT2D eigenvalue weighted by molar-refractivity contribution is -0.229. The van der Waals surface area contributed by atoms with E-state index in [-0.39, 0.29) is 11.6 Å². The van der Waals surface area contributed by atoms with Gasteiger partial charge in [-0.25, -0.2) is 0 Å². The Hall–Kier alpha value is -0.863. The molecule has 0 bridgehead atoms. The smallest absolute Gasteiger partial charge is 0.192 e. The van der Waals surface area contributed by atoms with Crippen LogP contribution in [0.2, 0.25) is 18.1 Å². The van der Waals surface area contributed by atoms with Crippen molar-refractivity contribution in [2.45, 2.75) is 82.6 Å². The molecule has 0 amide bonds. The first-order valence-corrected chi connectivity index (χ1v) is 11.5. The fourth-order valence-corrected chi connectivity index (χ4v) is 3.78. The molecule has 0 spiro atoms. The predicted molar refractivity (Wildman–Crippen MR) is 98.2 cm³/mol. The van der Waals surface area contributed by atoms with Gasteiger partial charge in [0.05, 0.1) is 6.61 Å². The maximum Gasteiger partial charge on any atom is 0.192 e.